The van der Waals surface area contributed by atoms with Gasteiger partial charge in [0, 0.05) is 23.3 Å². The van der Waals surface area contributed by atoms with Gasteiger partial charge >= 0.3 is 0 Å². The molecule has 0 radical (unpaired) electrons. The fourth-order valence-electron chi connectivity index (χ4n) is 1.86. The summed E-state index contributed by atoms with van der Waals surface area (Å²) in [6.45, 7) is 5.17. The molecule has 0 aliphatic carbocycles. The molecule has 0 saturated heterocycles. The van der Waals surface area contributed by atoms with Gasteiger partial charge in [-0.3, -0.25) is 9.48 Å². The van der Waals surface area contributed by atoms with Gasteiger partial charge in [-0.1, -0.05) is 37.6 Å². The van der Waals surface area contributed by atoms with E-state index < -0.39 is 0 Å². The Labute approximate surface area is 118 Å². The van der Waals surface area contributed by atoms with Crippen molar-refractivity contribution < 1.29 is 4.79 Å². The van der Waals surface area contributed by atoms with E-state index in [0.29, 0.717) is 16.5 Å². The molecule has 0 spiro atoms. The number of carbonyl (C=O) groups is 1. The van der Waals surface area contributed by atoms with Gasteiger partial charge in [0.25, 0.3) is 0 Å². The first-order valence-corrected chi connectivity index (χ1v) is 6.76. The number of carbonyl (C=O) groups excluding carboxylic acids is 1. The third kappa shape index (κ3) is 3.44. The van der Waals surface area contributed by atoms with Crippen LogP contribution in [0.5, 0.6) is 0 Å². The van der Waals surface area contributed by atoms with Crippen LogP contribution in [0.25, 0.3) is 11.3 Å². The van der Waals surface area contributed by atoms with Crippen LogP contribution in [-0.4, -0.2) is 16.1 Å². The molecule has 0 aliphatic heterocycles. The highest BCUT2D eigenvalue weighted by Gasteiger charge is 2.10. The van der Waals surface area contributed by atoms with Gasteiger partial charge in [-0.25, -0.2) is 0 Å². The van der Waals surface area contributed by atoms with Crippen LogP contribution in [0.4, 0.5) is 0 Å². The van der Waals surface area contributed by atoms with Crippen LogP contribution in [0, 0.1) is 5.92 Å². The highest BCUT2D eigenvalue weighted by molar-refractivity contribution is 6.30. The molecule has 0 fully saturated rings. The Kier molecular flexibility index (Phi) is 4.38. The summed E-state index contributed by atoms with van der Waals surface area (Å²) in [5, 5.41) is 5.17. The zero-order chi connectivity index (χ0) is 13.8. The number of benzene rings is 1. The van der Waals surface area contributed by atoms with E-state index >= 15 is 0 Å². The first kappa shape index (κ1) is 13.8. The number of aryl methyl sites for hydroxylation is 1. The molecule has 0 saturated carbocycles. The van der Waals surface area contributed by atoms with Crippen molar-refractivity contribution in [3.63, 3.8) is 0 Å². The number of hydrogen-bond acceptors (Lipinski definition) is 2. The second kappa shape index (κ2) is 6.02. The topological polar surface area (TPSA) is 34.9 Å². The first-order chi connectivity index (χ1) is 9.10. The minimum Gasteiger partial charge on any atom is -0.298 e. The molecule has 4 heteroatoms. The second-order valence-corrected chi connectivity index (χ2v) is 5.44. The number of hydrogen-bond donors (Lipinski definition) is 0. The van der Waals surface area contributed by atoms with Crippen molar-refractivity contribution in [1.82, 2.24) is 9.78 Å². The van der Waals surface area contributed by atoms with Gasteiger partial charge in [0.05, 0.1) is 5.56 Å². The predicted molar refractivity (Wildman–Crippen MR) is 77.5 cm³/mol. The largest absolute Gasteiger partial charge is 0.298 e. The summed E-state index contributed by atoms with van der Waals surface area (Å²) in [5.74, 6) is 0.614. The van der Waals surface area contributed by atoms with E-state index in [0.717, 1.165) is 30.5 Å². The summed E-state index contributed by atoms with van der Waals surface area (Å²) in [6.07, 6.45) is 3.70. The van der Waals surface area contributed by atoms with Crippen molar-refractivity contribution in [1.29, 1.82) is 0 Å². The zero-order valence-electron chi connectivity index (χ0n) is 11.1. The summed E-state index contributed by atoms with van der Waals surface area (Å²) >= 11 is 5.87. The molecule has 0 N–H and O–H groups in total. The molecular weight excluding hydrogens is 260 g/mol. The second-order valence-electron chi connectivity index (χ2n) is 5.00. The van der Waals surface area contributed by atoms with Crippen molar-refractivity contribution in [2.45, 2.75) is 26.8 Å². The van der Waals surface area contributed by atoms with Crippen molar-refractivity contribution in [3.8, 4) is 11.3 Å². The Hall–Kier alpha value is -1.61. The average Bonchev–Trinajstić information content (AvgIpc) is 2.80. The van der Waals surface area contributed by atoms with Crippen LogP contribution in [-0.2, 0) is 6.54 Å². The van der Waals surface area contributed by atoms with Gasteiger partial charge in [0.2, 0.25) is 0 Å². The standard InChI is InChI=1S/C15H17ClN2O/c1-11(2)7-8-18-9-13(10-19)15(17-18)12-3-5-14(16)6-4-12/h3-6,9-11H,7-8H2,1-2H3. The summed E-state index contributed by atoms with van der Waals surface area (Å²) in [4.78, 5) is 11.1. The lowest BCUT2D eigenvalue weighted by molar-refractivity contribution is 0.112. The Morgan fingerprint density at radius 3 is 2.58 bits per heavy atom. The molecule has 0 aliphatic rings. The van der Waals surface area contributed by atoms with E-state index in [-0.39, 0.29) is 0 Å². The molecule has 3 nitrogen and oxygen atoms in total. The average molecular weight is 277 g/mol. The molecule has 1 heterocycles. The van der Waals surface area contributed by atoms with Gasteiger partial charge in [-0.2, -0.15) is 5.10 Å². The van der Waals surface area contributed by atoms with E-state index in [1.165, 1.54) is 0 Å². The molecule has 100 valence electrons. The van der Waals surface area contributed by atoms with E-state index in [1.807, 2.05) is 16.8 Å². The molecule has 0 unspecified atom stereocenters. The highest BCUT2D eigenvalue weighted by atomic mass is 35.5. The maximum atomic E-state index is 11.1. The van der Waals surface area contributed by atoms with Crippen molar-refractivity contribution in [2.75, 3.05) is 0 Å². The lowest BCUT2D eigenvalue weighted by atomic mass is 10.1. The van der Waals surface area contributed by atoms with Crippen LogP contribution in [0.15, 0.2) is 30.5 Å². The number of aldehydes is 1. The smallest absolute Gasteiger partial charge is 0.153 e. The monoisotopic (exact) mass is 276 g/mol. The molecular formula is C15H17ClN2O. The van der Waals surface area contributed by atoms with E-state index in [1.54, 1.807) is 18.3 Å². The van der Waals surface area contributed by atoms with Crippen molar-refractivity contribution >= 4 is 17.9 Å². The number of aromatic nitrogens is 2. The Morgan fingerprint density at radius 2 is 2.00 bits per heavy atom. The van der Waals surface area contributed by atoms with Crippen LogP contribution >= 0.6 is 11.6 Å². The maximum absolute atomic E-state index is 11.1. The third-order valence-corrected chi connectivity index (χ3v) is 3.22. The van der Waals surface area contributed by atoms with Gasteiger partial charge in [-0.05, 0) is 24.5 Å². The number of halogens is 1. The van der Waals surface area contributed by atoms with Gasteiger partial charge in [0.15, 0.2) is 6.29 Å². The molecule has 0 bridgehead atoms. The molecule has 0 atom stereocenters. The fraction of sp³-hybridized carbons (Fsp3) is 0.333. The Bertz CT molecular complexity index is 558. The lowest BCUT2D eigenvalue weighted by Crippen LogP contribution is -2.01. The summed E-state index contributed by atoms with van der Waals surface area (Å²) in [6, 6.07) is 7.37. The van der Waals surface area contributed by atoms with Gasteiger partial charge in [0.1, 0.15) is 5.69 Å². The summed E-state index contributed by atoms with van der Waals surface area (Å²) in [5.41, 5.74) is 2.25. The van der Waals surface area contributed by atoms with Crippen LogP contribution in [0.2, 0.25) is 5.02 Å². The fourth-order valence-corrected chi connectivity index (χ4v) is 1.99. The van der Waals surface area contributed by atoms with Crippen LogP contribution in [0.3, 0.4) is 0 Å². The summed E-state index contributed by atoms with van der Waals surface area (Å²) in [7, 11) is 0. The molecule has 0 amide bonds. The van der Waals surface area contributed by atoms with E-state index in [2.05, 4.69) is 18.9 Å². The molecule has 19 heavy (non-hydrogen) atoms. The lowest BCUT2D eigenvalue weighted by Gasteiger charge is -2.04. The van der Waals surface area contributed by atoms with Gasteiger partial charge < -0.3 is 0 Å². The highest BCUT2D eigenvalue weighted by Crippen LogP contribution is 2.23. The van der Waals surface area contributed by atoms with E-state index in [4.69, 9.17) is 11.6 Å². The molecule has 1 aromatic carbocycles. The van der Waals surface area contributed by atoms with Gasteiger partial charge in [-0.15, -0.1) is 0 Å². The quantitative estimate of drug-likeness (QED) is 0.772. The maximum Gasteiger partial charge on any atom is 0.153 e. The van der Waals surface area contributed by atoms with E-state index in [9.17, 15) is 4.79 Å². The Balaban J connectivity index is 2.29. The normalized spacial score (nSPS) is 10.9. The molecule has 2 aromatic rings. The first-order valence-electron chi connectivity index (χ1n) is 6.38. The van der Waals surface area contributed by atoms with Crippen LogP contribution < -0.4 is 0 Å². The van der Waals surface area contributed by atoms with Crippen LogP contribution in [0.1, 0.15) is 30.6 Å². The predicted octanol–water partition coefficient (Wildman–Crippen LogP) is 4.06. The minimum absolute atomic E-state index is 0.614. The SMILES string of the molecule is CC(C)CCn1cc(C=O)c(-c2ccc(Cl)cc2)n1. The number of nitrogens with zero attached hydrogens (tertiary/aromatic N) is 2. The third-order valence-electron chi connectivity index (χ3n) is 2.97. The molecule has 2 rings (SSSR count). The van der Waals surface area contributed by atoms with Crippen molar-refractivity contribution in [2.24, 2.45) is 5.92 Å². The minimum atomic E-state index is 0.614. The van der Waals surface area contributed by atoms with Crippen molar-refractivity contribution in [3.05, 3.63) is 41.0 Å². The molecule has 1 aromatic heterocycles. The Morgan fingerprint density at radius 1 is 1.32 bits per heavy atom. The zero-order valence-corrected chi connectivity index (χ0v) is 11.9. The summed E-state index contributed by atoms with van der Waals surface area (Å²) < 4.78 is 1.84. The number of rotatable bonds is 5.